The highest BCUT2D eigenvalue weighted by Gasteiger charge is 2.45. The largest absolute Gasteiger partial charge is 0.506 e. The Labute approximate surface area is 126 Å². The maximum atomic E-state index is 12.4. The van der Waals surface area contributed by atoms with Gasteiger partial charge < -0.3 is 5.11 Å². The summed E-state index contributed by atoms with van der Waals surface area (Å²) in [5.74, 6) is -3.27. The zero-order valence-corrected chi connectivity index (χ0v) is 11.4. The molecule has 0 spiro atoms. The van der Waals surface area contributed by atoms with Crippen molar-refractivity contribution in [1.82, 2.24) is 0 Å². The first-order chi connectivity index (χ1) is 10.6. The lowest BCUT2D eigenvalue weighted by Crippen LogP contribution is -2.30. The molecule has 0 atom stereocenters. The van der Waals surface area contributed by atoms with Crippen LogP contribution < -0.4 is 4.90 Å². The SMILES string of the molecule is O=C1C(=O)N(c2ccccc2)C(=O)/C1=C(\O)c1ccccc1. The molecule has 0 bridgehead atoms. The van der Waals surface area contributed by atoms with Crippen molar-refractivity contribution in [2.24, 2.45) is 0 Å². The fourth-order valence-corrected chi connectivity index (χ4v) is 2.27. The van der Waals surface area contributed by atoms with E-state index < -0.39 is 28.9 Å². The molecule has 3 rings (SSSR count). The number of rotatable bonds is 2. The number of carbonyl (C=O) groups excluding carboxylic acids is 3. The smallest absolute Gasteiger partial charge is 0.306 e. The minimum Gasteiger partial charge on any atom is -0.506 e. The van der Waals surface area contributed by atoms with Gasteiger partial charge in [0.2, 0.25) is 0 Å². The number of aliphatic hydroxyl groups excluding tert-OH is 1. The Bertz CT molecular complexity index is 794. The number of amides is 2. The van der Waals surface area contributed by atoms with Crippen LogP contribution >= 0.6 is 0 Å². The lowest BCUT2D eigenvalue weighted by Gasteiger charge is -2.11. The van der Waals surface area contributed by atoms with Gasteiger partial charge in [-0.3, -0.25) is 14.4 Å². The van der Waals surface area contributed by atoms with Gasteiger partial charge in [0.1, 0.15) is 11.3 Å². The topological polar surface area (TPSA) is 74.7 Å². The zero-order chi connectivity index (χ0) is 15.7. The summed E-state index contributed by atoms with van der Waals surface area (Å²) in [5.41, 5.74) is 0.101. The summed E-state index contributed by atoms with van der Waals surface area (Å²) in [6.07, 6.45) is 0. The van der Waals surface area contributed by atoms with Crippen molar-refractivity contribution in [3.05, 3.63) is 71.8 Å². The summed E-state index contributed by atoms with van der Waals surface area (Å²) < 4.78 is 0. The summed E-state index contributed by atoms with van der Waals surface area (Å²) in [6, 6.07) is 16.3. The van der Waals surface area contributed by atoms with E-state index in [0.29, 0.717) is 11.3 Å². The van der Waals surface area contributed by atoms with Crippen molar-refractivity contribution < 1.29 is 19.5 Å². The zero-order valence-electron chi connectivity index (χ0n) is 11.4. The highest BCUT2D eigenvalue weighted by Crippen LogP contribution is 2.28. The molecule has 5 nitrogen and oxygen atoms in total. The third kappa shape index (κ3) is 2.09. The number of ketones is 1. The molecule has 2 aromatic carbocycles. The Morgan fingerprint density at radius 3 is 1.91 bits per heavy atom. The third-order valence-electron chi connectivity index (χ3n) is 3.34. The quantitative estimate of drug-likeness (QED) is 0.302. The maximum absolute atomic E-state index is 12.4. The first-order valence-corrected chi connectivity index (χ1v) is 6.58. The second-order valence-corrected chi connectivity index (χ2v) is 4.70. The molecule has 0 unspecified atom stereocenters. The fraction of sp³-hybridized carbons (Fsp3) is 0. The molecule has 1 N–H and O–H groups in total. The van der Waals surface area contributed by atoms with Crippen LogP contribution in [-0.2, 0) is 14.4 Å². The molecular formula is C17H11NO4. The number of anilines is 1. The van der Waals surface area contributed by atoms with E-state index >= 15 is 0 Å². The van der Waals surface area contributed by atoms with Gasteiger partial charge in [-0.1, -0.05) is 48.5 Å². The number of para-hydroxylation sites is 1. The predicted molar refractivity (Wildman–Crippen MR) is 79.9 cm³/mol. The van der Waals surface area contributed by atoms with Crippen LogP contribution in [0.3, 0.4) is 0 Å². The van der Waals surface area contributed by atoms with Crippen molar-refractivity contribution in [2.45, 2.75) is 0 Å². The maximum Gasteiger partial charge on any atom is 0.306 e. The van der Waals surface area contributed by atoms with Crippen molar-refractivity contribution >= 4 is 29.0 Å². The molecule has 108 valence electrons. The first-order valence-electron chi connectivity index (χ1n) is 6.58. The Kier molecular flexibility index (Phi) is 3.31. The van der Waals surface area contributed by atoms with Gasteiger partial charge in [-0.25, -0.2) is 4.90 Å². The Hall–Kier alpha value is -3.21. The number of aliphatic hydroxyl groups is 1. The Morgan fingerprint density at radius 1 is 0.773 bits per heavy atom. The van der Waals surface area contributed by atoms with E-state index in [2.05, 4.69) is 0 Å². The second kappa shape index (κ2) is 5.29. The van der Waals surface area contributed by atoms with Crippen LogP contribution in [0.25, 0.3) is 5.76 Å². The van der Waals surface area contributed by atoms with Crippen molar-refractivity contribution in [1.29, 1.82) is 0 Å². The number of Topliss-reactive ketones (excluding diaryl/α,β-unsaturated/α-hetero) is 1. The number of imide groups is 1. The molecule has 0 saturated carbocycles. The van der Waals surface area contributed by atoms with Crippen molar-refractivity contribution in [3.63, 3.8) is 0 Å². The number of hydrogen-bond donors (Lipinski definition) is 1. The van der Waals surface area contributed by atoms with Crippen LogP contribution in [0.15, 0.2) is 66.2 Å². The summed E-state index contributed by atoms with van der Waals surface area (Å²) in [5, 5.41) is 10.2. The van der Waals surface area contributed by atoms with Crippen molar-refractivity contribution in [2.75, 3.05) is 4.90 Å². The van der Waals surface area contributed by atoms with Gasteiger partial charge in [-0.15, -0.1) is 0 Å². The van der Waals surface area contributed by atoms with Crippen molar-refractivity contribution in [3.8, 4) is 0 Å². The molecule has 0 radical (unpaired) electrons. The van der Waals surface area contributed by atoms with Gasteiger partial charge in [0.05, 0.1) is 5.69 Å². The highest BCUT2D eigenvalue weighted by atomic mass is 16.3. The average Bonchev–Trinajstić information content (AvgIpc) is 2.78. The molecule has 5 heteroatoms. The molecule has 1 saturated heterocycles. The minimum absolute atomic E-state index is 0.293. The van der Waals surface area contributed by atoms with Crippen LogP contribution in [0, 0.1) is 0 Å². The molecule has 0 aliphatic carbocycles. The molecule has 1 aliphatic rings. The summed E-state index contributed by atoms with van der Waals surface area (Å²) in [6.45, 7) is 0. The summed E-state index contributed by atoms with van der Waals surface area (Å²) in [4.78, 5) is 37.3. The highest BCUT2D eigenvalue weighted by molar-refractivity contribution is 6.64. The van der Waals surface area contributed by atoms with E-state index in [1.807, 2.05) is 0 Å². The first kappa shape index (κ1) is 13.8. The number of carbonyl (C=O) groups is 3. The normalized spacial score (nSPS) is 17.1. The van der Waals surface area contributed by atoms with Gasteiger partial charge in [-0.2, -0.15) is 0 Å². The summed E-state index contributed by atoms with van der Waals surface area (Å²) >= 11 is 0. The van der Waals surface area contributed by atoms with Gasteiger partial charge in [0, 0.05) is 5.56 Å². The summed E-state index contributed by atoms with van der Waals surface area (Å²) in [7, 11) is 0. The number of nitrogens with zero attached hydrogens (tertiary/aromatic N) is 1. The molecule has 22 heavy (non-hydrogen) atoms. The van der Waals surface area contributed by atoms with Crippen LogP contribution in [0.1, 0.15) is 5.56 Å². The van der Waals surface area contributed by atoms with E-state index in [1.165, 1.54) is 0 Å². The van der Waals surface area contributed by atoms with Crippen LogP contribution in [0.5, 0.6) is 0 Å². The van der Waals surface area contributed by atoms with Gasteiger partial charge in [-0.05, 0) is 12.1 Å². The molecule has 1 aliphatic heterocycles. The second-order valence-electron chi connectivity index (χ2n) is 4.70. The molecule has 2 aromatic rings. The number of benzene rings is 2. The van der Waals surface area contributed by atoms with Crippen LogP contribution in [0.4, 0.5) is 5.69 Å². The fourth-order valence-electron chi connectivity index (χ4n) is 2.27. The van der Waals surface area contributed by atoms with Crippen LogP contribution in [-0.4, -0.2) is 22.7 Å². The van der Waals surface area contributed by atoms with Gasteiger partial charge in [0.25, 0.3) is 11.7 Å². The standard InChI is InChI=1S/C17H11NO4/c19-14(11-7-3-1-4-8-11)13-15(20)17(22)18(16(13)21)12-9-5-2-6-10-12/h1-10,19H/b14-13-. The number of hydrogen-bond acceptors (Lipinski definition) is 4. The van der Waals surface area contributed by atoms with Crippen LogP contribution in [0.2, 0.25) is 0 Å². The van der Waals surface area contributed by atoms with E-state index in [-0.39, 0.29) is 0 Å². The van der Waals surface area contributed by atoms with E-state index in [4.69, 9.17) is 0 Å². The predicted octanol–water partition coefficient (Wildman–Crippen LogP) is 2.10. The third-order valence-corrected chi connectivity index (χ3v) is 3.34. The average molecular weight is 293 g/mol. The van der Waals surface area contributed by atoms with Gasteiger partial charge in [0.15, 0.2) is 0 Å². The Morgan fingerprint density at radius 2 is 1.32 bits per heavy atom. The monoisotopic (exact) mass is 293 g/mol. The molecular weight excluding hydrogens is 282 g/mol. The van der Waals surface area contributed by atoms with Gasteiger partial charge >= 0.3 is 5.91 Å². The lowest BCUT2D eigenvalue weighted by molar-refractivity contribution is -0.132. The van der Waals surface area contributed by atoms with E-state index in [9.17, 15) is 19.5 Å². The molecule has 2 amide bonds. The molecule has 0 aromatic heterocycles. The molecule has 1 fully saturated rings. The minimum atomic E-state index is -1.00. The Balaban J connectivity index is 2.11. The van der Waals surface area contributed by atoms with E-state index in [1.54, 1.807) is 60.7 Å². The van der Waals surface area contributed by atoms with E-state index in [0.717, 1.165) is 4.90 Å². The lowest BCUT2D eigenvalue weighted by atomic mass is 10.1. The molecule has 1 heterocycles.